The van der Waals surface area contributed by atoms with E-state index in [1.807, 2.05) is 61.5 Å². The number of nitrogens with one attached hydrogen (secondary N) is 1. The highest BCUT2D eigenvalue weighted by molar-refractivity contribution is 7.92. The fraction of sp³-hybridized carbons (Fsp3) is 0.174. The van der Waals surface area contributed by atoms with Crippen LogP contribution in [0.3, 0.4) is 0 Å². The van der Waals surface area contributed by atoms with Crippen molar-refractivity contribution in [3.63, 3.8) is 0 Å². The third-order valence-electron chi connectivity index (χ3n) is 4.81. The molecule has 0 aliphatic carbocycles. The van der Waals surface area contributed by atoms with Crippen molar-refractivity contribution in [3.05, 3.63) is 101 Å². The number of sulfonamides is 1. The van der Waals surface area contributed by atoms with E-state index >= 15 is 0 Å². The van der Waals surface area contributed by atoms with Crippen LogP contribution >= 0.6 is 0 Å². The minimum atomic E-state index is -3.35. The maximum atomic E-state index is 12.9. The van der Waals surface area contributed by atoms with Crippen molar-refractivity contribution in [2.45, 2.75) is 13.0 Å². The third-order valence-corrected chi connectivity index (χ3v) is 6.02. The summed E-state index contributed by atoms with van der Waals surface area (Å²) in [4.78, 5) is 12.9. The molecule has 0 bridgehead atoms. The van der Waals surface area contributed by atoms with Crippen LogP contribution in [0.15, 0.2) is 78.9 Å². The van der Waals surface area contributed by atoms with E-state index in [1.165, 1.54) is 11.4 Å². The van der Waals surface area contributed by atoms with Crippen molar-refractivity contribution in [2.75, 3.05) is 17.6 Å². The Bertz CT molecular complexity index is 1080. The lowest BCUT2D eigenvalue weighted by Crippen LogP contribution is -2.29. The van der Waals surface area contributed by atoms with Crippen LogP contribution in [0.1, 0.15) is 33.1 Å². The van der Waals surface area contributed by atoms with Gasteiger partial charge in [-0.25, -0.2) is 8.42 Å². The van der Waals surface area contributed by atoms with Gasteiger partial charge in [0.15, 0.2) is 0 Å². The van der Waals surface area contributed by atoms with Crippen LogP contribution < -0.4 is 9.62 Å². The summed E-state index contributed by atoms with van der Waals surface area (Å²) in [6.45, 7) is 2.02. The van der Waals surface area contributed by atoms with Gasteiger partial charge >= 0.3 is 0 Å². The Labute approximate surface area is 172 Å². The van der Waals surface area contributed by atoms with Gasteiger partial charge in [-0.1, -0.05) is 60.2 Å². The molecule has 0 spiro atoms. The average molecular weight is 409 g/mol. The molecule has 0 aliphatic heterocycles. The Morgan fingerprint density at radius 3 is 1.97 bits per heavy atom. The number of nitrogens with zero attached hydrogens (tertiary/aromatic N) is 1. The van der Waals surface area contributed by atoms with Gasteiger partial charge in [-0.3, -0.25) is 9.10 Å². The van der Waals surface area contributed by atoms with Crippen LogP contribution in [-0.4, -0.2) is 27.6 Å². The van der Waals surface area contributed by atoms with Gasteiger partial charge in [0.1, 0.15) is 0 Å². The minimum absolute atomic E-state index is 0.229. The van der Waals surface area contributed by atoms with E-state index in [9.17, 15) is 13.2 Å². The fourth-order valence-corrected chi connectivity index (χ4v) is 3.50. The minimum Gasteiger partial charge on any atom is -0.341 e. The van der Waals surface area contributed by atoms with Crippen LogP contribution in [0.2, 0.25) is 0 Å². The Balaban J connectivity index is 1.86. The molecule has 1 N–H and O–H groups in total. The molecule has 3 rings (SSSR count). The first kappa shape index (κ1) is 20.6. The Kier molecular flexibility index (Phi) is 6.03. The summed E-state index contributed by atoms with van der Waals surface area (Å²) in [6, 6.07) is 24.1. The highest BCUT2D eigenvalue weighted by Crippen LogP contribution is 2.23. The van der Waals surface area contributed by atoms with Gasteiger partial charge in [-0.05, 0) is 42.3 Å². The molecule has 3 aromatic carbocycles. The highest BCUT2D eigenvalue weighted by atomic mass is 32.2. The van der Waals surface area contributed by atoms with Gasteiger partial charge < -0.3 is 5.32 Å². The SMILES string of the molecule is Cc1ccc([C@H](NC(=O)c2ccc(N(C)S(C)(=O)=O)cc2)c2ccccc2)cc1. The lowest BCUT2D eigenvalue weighted by Gasteiger charge is -2.21. The van der Waals surface area contributed by atoms with Crippen molar-refractivity contribution in [1.82, 2.24) is 5.32 Å². The topological polar surface area (TPSA) is 66.5 Å². The number of hydrogen-bond acceptors (Lipinski definition) is 3. The molecule has 0 fully saturated rings. The number of amides is 1. The predicted octanol–water partition coefficient (Wildman–Crippen LogP) is 3.91. The summed E-state index contributed by atoms with van der Waals surface area (Å²) < 4.78 is 24.5. The maximum absolute atomic E-state index is 12.9. The number of anilines is 1. The fourth-order valence-electron chi connectivity index (χ4n) is 2.99. The van der Waals surface area contributed by atoms with Gasteiger partial charge in [-0.15, -0.1) is 0 Å². The highest BCUT2D eigenvalue weighted by Gasteiger charge is 2.18. The number of rotatable bonds is 6. The molecular formula is C23H24N2O3S. The quantitative estimate of drug-likeness (QED) is 0.672. The van der Waals surface area contributed by atoms with Crippen LogP contribution in [0.5, 0.6) is 0 Å². The molecule has 0 aliphatic rings. The summed E-state index contributed by atoms with van der Waals surface area (Å²) in [6.07, 6.45) is 1.14. The first-order chi connectivity index (χ1) is 13.8. The van der Waals surface area contributed by atoms with Crippen molar-refractivity contribution in [1.29, 1.82) is 0 Å². The third kappa shape index (κ3) is 5.03. The van der Waals surface area contributed by atoms with Gasteiger partial charge in [0, 0.05) is 12.6 Å². The maximum Gasteiger partial charge on any atom is 0.252 e. The second-order valence-corrected chi connectivity index (χ2v) is 9.02. The first-order valence-corrected chi connectivity index (χ1v) is 11.1. The number of carbonyl (C=O) groups excluding carboxylic acids is 1. The molecule has 0 saturated carbocycles. The summed E-state index contributed by atoms with van der Waals surface area (Å²) in [5.74, 6) is -0.229. The zero-order valence-electron chi connectivity index (χ0n) is 16.7. The van der Waals surface area contributed by atoms with Crippen molar-refractivity contribution >= 4 is 21.6 Å². The summed E-state index contributed by atoms with van der Waals surface area (Å²) in [7, 11) is -1.87. The van der Waals surface area contributed by atoms with Crippen LogP contribution in [-0.2, 0) is 10.0 Å². The standard InChI is InChI=1S/C23H24N2O3S/c1-17-9-11-19(12-10-17)22(18-7-5-4-6-8-18)24-23(26)20-13-15-21(16-14-20)25(2)29(3,27)28/h4-16,22H,1-3H3,(H,24,26)/t22-/m1/s1. The van der Waals surface area contributed by atoms with Gasteiger partial charge in [0.2, 0.25) is 10.0 Å². The van der Waals surface area contributed by atoms with E-state index in [0.717, 1.165) is 22.9 Å². The predicted molar refractivity (Wildman–Crippen MR) is 117 cm³/mol. The molecule has 1 atom stereocenters. The number of carbonyl (C=O) groups is 1. The van der Waals surface area contributed by atoms with Crippen LogP contribution in [0.25, 0.3) is 0 Å². The van der Waals surface area contributed by atoms with Gasteiger partial charge in [0.05, 0.1) is 18.0 Å². The van der Waals surface area contributed by atoms with Crippen molar-refractivity contribution < 1.29 is 13.2 Å². The zero-order chi connectivity index (χ0) is 21.0. The molecule has 150 valence electrons. The summed E-state index contributed by atoms with van der Waals surface area (Å²) >= 11 is 0. The second kappa shape index (κ2) is 8.49. The Hall–Kier alpha value is -3.12. The molecule has 0 heterocycles. The largest absolute Gasteiger partial charge is 0.341 e. The molecule has 29 heavy (non-hydrogen) atoms. The van der Waals surface area contributed by atoms with Gasteiger partial charge in [0.25, 0.3) is 5.91 Å². The monoisotopic (exact) mass is 408 g/mol. The smallest absolute Gasteiger partial charge is 0.252 e. The molecule has 0 saturated heterocycles. The van der Waals surface area contributed by atoms with Crippen molar-refractivity contribution in [2.24, 2.45) is 0 Å². The zero-order valence-corrected chi connectivity index (χ0v) is 17.5. The van der Waals surface area contributed by atoms with E-state index in [2.05, 4.69) is 5.32 Å². The Morgan fingerprint density at radius 2 is 1.41 bits per heavy atom. The lowest BCUT2D eigenvalue weighted by atomic mass is 9.97. The van der Waals surface area contributed by atoms with E-state index in [4.69, 9.17) is 0 Å². The molecule has 1 amide bonds. The second-order valence-electron chi connectivity index (χ2n) is 7.01. The molecule has 0 unspecified atom stereocenters. The van der Waals surface area contributed by atoms with E-state index in [-0.39, 0.29) is 11.9 Å². The Morgan fingerprint density at radius 1 is 0.862 bits per heavy atom. The number of hydrogen-bond donors (Lipinski definition) is 1. The number of benzene rings is 3. The van der Waals surface area contributed by atoms with Crippen LogP contribution in [0.4, 0.5) is 5.69 Å². The molecule has 0 radical (unpaired) electrons. The van der Waals surface area contributed by atoms with Gasteiger partial charge in [-0.2, -0.15) is 0 Å². The molecule has 5 nitrogen and oxygen atoms in total. The van der Waals surface area contributed by atoms with E-state index in [0.29, 0.717) is 11.3 Å². The van der Waals surface area contributed by atoms with E-state index in [1.54, 1.807) is 24.3 Å². The molecular weight excluding hydrogens is 384 g/mol. The van der Waals surface area contributed by atoms with E-state index < -0.39 is 10.0 Å². The molecule has 6 heteroatoms. The van der Waals surface area contributed by atoms with Crippen LogP contribution in [0, 0.1) is 6.92 Å². The average Bonchev–Trinajstić information content (AvgIpc) is 2.72. The number of aryl methyl sites for hydroxylation is 1. The molecule has 0 aromatic heterocycles. The normalized spacial score (nSPS) is 12.2. The molecule has 3 aromatic rings. The summed E-state index contributed by atoms with van der Waals surface area (Å²) in [5, 5.41) is 3.09. The summed E-state index contributed by atoms with van der Waals surface area (Å²) in [5.41, 5.74) is 4.09. The lowest BCUT2D eigenvalue weighted by molar-refractivity contribution is 0.0943. The first-order valence-electron chi connectivity index (χ1n) is 9.22. The van der Waals surface area contributed by atoms with Crippen molar-refractivity contribution in [3.8, 4) is 0 Å².